The monoisotopic (exact) mass is 860 g/mol. The number of nitrogens with zero attached hydrogens (tertiary/aromatic N) is 8. The van der Waals surface area contributed by atoms with Crippen LogP contribution in [0.4, 0.5) is 11.9 Å². The highest BCUT2D eigenvalue weighted by molar-refractivity contribution is 6.32. The molecule has 324 valence electrons. The fourth-order valence-electron chi connectivity index (χ4n) is 6.21. The van der Waals surface area contributed by atoms with E-state index >= 15 is 0 Å². The molecule has 20 heteroatoms. The number of aliphatic hydroxyl groups is 4. The fraction of sp³-hybridized carbons (Fsp3) is 0.415. The molecule has 0 bridgehead atoms. The third-order valence-corrected chi connectivity index (χ3v) is 9.27. The van der Waals surface area contributed by atoms with Gasteiger partial charge in [0.2, 0.25) is 23.5 Å². The largest absolute Gasteiger partial charge is 0.493 e. The fourth-order valence-corrected chi connectivity index (χ4v) is 6.53. The number of aryl methyl sites for hydroxylation is 4. The molecule has 2 aromatic carbocycles. The topological polar surface area (TPSA) is 262 Å². The number of hydrogen-bond donors (Lipinski definition) is 6. The van der Waals surface area contributed by atoms with Gasteiger partial charge in [0, 0.05) is 34.6 Å². The van der Waals surface area contributed by atoms with Gasteiger partial charge in [-0.15, -0.1) is 0 Å². The van der Waals surface area contributed by atoms with Gasteiger partial charge in [0.1, 0.15) is 42.1 Å². The summed E-state index contributed by atoms with van der Waals surface area (Å²) >= 11 is 6.65. The lowest BCUT2D eigenvalue weighted by atomic mass is 10.0. The number of halogens is 1. The van der Waals surface area contributed by atoms with E-state index < -0.39 is 37.6 Å². The first-order valence-corrected chi connectivity index (χ1v) is 19.8. The summed E-state index contributed by atoms with van der Waals surface area (Å²) in [4.78, 5) is 26.8. The molecule has 0 radical (unpaired) electrons. The molecular weight excluding hydrogens is 812 g/mol. The van der Waals surface area contributed by atoms with Crippen LogP contribution in [0.15, 0.2) is 45.4 Å². The summed E-state index contributed by atoms with van der Waals surface area (Å²) in [5, 5.41) is 57.9. The molecule has 61 heavy (non-hydrogen) atoms. The van der Waals surface area contributed by atoms with Crippen molar-refractivity contribution in [2.24, 2.45) is 0 Å². The Kier molecular flexibility index (Phi) is 14.0. The van der Waals surface area contributed by atoms with Gasteiger partial charge in [-0.2, -0.15) is 9.97 Å². The number of anilines is 2. The Hall–Kier alpha value is -5.99. The number of benzene rings is 2. The summed E-state index contributed by atoms with van der Waals surface area (Å²) in [6.07, 6.45) is -6.57. The number of methoxy groups -OCH3 is 1. The van der Waals surface area contributed by atoms with Gasteiger partial charge in [-0.1, -0.05) is 21.9 Å². The minimum atomic E-state index is -1.77. The Labute approximate surface area is 356 Å². The Morgan fingerprint density at radius 1 is 0.672 bits per heavy atom. The highest BCUT2D eigenvalue weighted by Crippen LogP contribution is 2.38. The molecule has 0 saturated carbocycles. The van der Waals surface area contributed by atoms with Crippen molar-refractivity contribution >= 4 is 23.5 Å². The predicted molar refractivity (Wildman–Crippen MR) is 225 cm³/mol. The highest BCUT2D eigenvalue weighted by Gasteiger charge is 2.36. The summed E-state index contributed by atoms with van der Waals surface area (Å²) in [6, 6.07) is 10.3. The van der Waals surface area contributed by atoms with Gasteiger partial charge in [0.15, 0.2) is 17.6 Å². The van der Waals surface area contributed by atoms with Crippen LogP contribution in [-0.2, 0) is 0 Å². The van der Waals surface area contributed by atoms with Gasteiger partial charge in [0.25, 0.3) is 11.8 Å². The molecule has 0 aliphatic rings. The molecule has 19 nitrogen and oxygen atoms in total. The van der Waals surface area contributed by atoms with Crippen molar-refractivity contribution < 1.29 is 43.7 Å². The number of aromatic nitrogens is 8. The van der Waals surface area contributed by atoms with Crippen molar-refractivity contribution in [3.8, 4) is 63.2 Å². The lowest BCUT2D eigenvalue weighted by Crippen LogP contribution is -2.51. The molecule has 4 heterocycles. The second-order valence-corrected chi connectivity index (χ2v) is 15.4. The molecule has 6 rings (SSSR count). The van der Waals surface area contributed by atoms with Gasteiger partial charge >= 0.3 is 0 Å². The highest BCUT2D eigenvalue weighted by atomic mass is 35.5. The van der Waals surface area contributed by atoms with Crippen LogP contribution >= 0.6 is 11.6 Å². The normalized spacial score (nSPS) is 13.6. The van der Waals surface area contributed by atoms with Crippen molar-refractivity contribution in [3.63, 3.8) is 0 Å². The molecule has 4 atom stereocenters. The SMILES string of the molecule is COc1cc(-c2noc(-c3cc(C)nc(NC(C)C)n3)n2)cc(C)c1OC(C(O)CO)C(O)C(O)COc1c(C)cc(-c2noc(-c3cc(C)nc(NC(C)C)n3)n2)cc1Cl. The van der Waals surface area contributed by atoms with Crippen LogP contribution in [0.3, 0.4) is 0 Å². The molecule has 0 aliphatic carbocycles. The van der Waals surface area contributed by atoms with Gasteiger partial charge in [0.05, 0.1) is 18.7 Å². The van der Waals surface area contributed by atoms with Crippen LogP contribution in [0.2, 0.25) is 5.02 Å². The van der Waals surface area contributed by atoms with Gasteiger partial charge in [-0.3, -0.25) is 0 Å². The first kappa shape index (κ1) is 44.6. The number of ether oxygens (including phenoxy) is 3. The van der Waals surface area contributed by atoms with Crippen molar-refractivity contribution in [2.75, 3.05) is 31.0 Å². The minimum absolute atomic E-state index is 0.108. The summed E-state index contributed by atoms with van der Waals surface area (Å²) < 4.78 is 28.7. The van der Waals surface area contributed by atoms with Crippen molar-refractivity contribution in [2.45, 2.75) is 91.9 Å². The summed E-state index contributed by atoms with van der Waals surface area (Å²) in [5.41, 5.74) is 4.40. The van der Waals surface area contributed by atoms with Crippen LogP contribution in [0.1, 0.15) is 50.2 Å². The molecule has 4 aromatic heterocycles. The summed E-state index contributed by atoms with van der Waals surface area (Å²) in [7, 11) is 1.41. The Bertz CT molecular complexity index is 2440. The Morgan fingerprint density at radius 3 is 1.66 bits per heavy atom. The zero-order valence-electron chi connectivity index (χ0n) is 35.1. The standard InChI is InChI=1S/C41H49ClN10O9/c1-18(2)43-40-45-22(7)12-27(47-40)38-49-36(51-60-38)24-10-20(5)33(26(42)14-24)58-17-30(55)32(56)35(29(54)16-53)59-34-21(6)11-25(15-31(34)57-9)37-50-39(61-52-37)28-13-23(8)46-41(48-28)44-19(3)4/h10-15,18-19,29-30,32,35,53-56H,16-17H2,1-9H3,(H,43,45,47)(H,44,46,48). The number of rotatable bonds is 18. The van der Waals surface area contributed by atoms with Gasteiger partial charge in [-0.25, -0.2) is 19.9 Å². The molecule has 0 spiro atoms. The maximum Gasteiger partial charge on any atom is 0.277 e. The van der Waals surface area contributed by atoms with E-state index in [1.165, 1.54) is 7.11 Å². The van der Waals surface area contributed by atoms with Gasteiger partial charge in [-0.05, 0) is 103 Å². The van der Waals surface area contributed by atoms with Gasteiger partial charge < -0.3 is 54.3 Å². The Morgan fingerprint density at radius 2 is 1.18 bits per heavy atom. The lowest BCUT2D eigenvalue weighted by Gasteiger charge is -2.31. The molecule has 4 unspecified atom stereocenters. The molecule has 0 aliphatic heterocycles. The second kappa shape index (κ2) is 19.2. The maximum atomic E-state index is 11.3. The lowest BCUT2D eigenvalue weighted by molar-refractivity contribution is -0.111. The smallest absolute Gasteiger partial charge is 0.277 e. The quantitative estimate of drug-likeness (QED) is 0.0653. The van der Waals surface area contributed by atoms with Crippen LogP contribution in [0, 0.1) is 27.7 Å². The molecule has 6 aromatic rings. The van der Waals surface area contributed by atoms with E-state index in [-0.39, 0.29) is 57.8 Å². The van der Waals surface area contributed by atoms with Crippen LogP contribution in [0.5, 0.6) is 17.2 Å². The zero-order valence-corrected chi connectivity index (χ0v) is 35.9. The Balaban J connectivity index is 1.15. The average molecular weight is 861 g/mol. The van der Waals surface area contributed by atoms with Crippen LogP contribution in [0.25, 0.3) is 45.9 Å². The van der Waals surface area contributed by atoms with E-state index in [2.05, 4.69) is 50.9 Å². The van der Waals surface area contributed by atoms with E-state index in [1.807, 2.05) is 41.5 Å². The van der Waals surface area contributed by atoms with E-state index in [1.54, 1.807) is 50.2 Å². The number of hydrogen-bond acceptors (Lipinski definition) is 19. The first-order chi connectivity index (χ1) is 29.0. The van der Waals surface area contributed by atoms with E-state index in [4.69, 9.17) is 34.9 Å². The third kappa shape index (κ3) is 10.7. The van der Waals surface area contributed by atoms with E-state index in [9.17, 15) is 20.4 Å². The molecule has 6 N–H and O–H groups in total. The summed E-state index contributed by atoms with van der Waals surface area (Å²) in [6.45, 7) is 13.7. The third-order valence-electron chi connectivity index (χ3n) is 8.99. The first-order valence-electron chi connectivity index (χ1n) is 19.4. The minimum Gasteiger partial charge on any atom is -0.493 e. The van der Waals surface area contributed by atoms with Crippen LogP contribution in [-0.4, -0.2) is 117 Å². The van der Waals surface area contributed by atoms with Crippen molar-refractivity contribution in [1.29, 1.82) is 0 Å². The van der Waals surface area contributed by atoms with Crippen molar-refractivity contribution in [1.82, 2.24) is 40.2 Å². The van der Waals surface area contributed by atoms with Crippen molar-refractivity contribution in [3.05, 3.63) is 63.9 Å². The maximum absolute atomic E-state index is 11.3. The molecule has 0 fully saturated rings. The number of aliphatic hydroxyl groups excluding tert-OH is 4. The average Bonchev–Trinajstić information content (AvgIpc) is 3.90. The second-order valence-electron chi connectivity index (χ2n) is 15.0. The van der Waals surface area contributed by atoms with E-state index in [0.717, 1.165) is 0 Å². The predicted octanol–water partition coefficient (Wildman–Crippen LogP) is 5.14. The number of nitrogens with one attached hydrogen (secondary N) is 2. The molecule has 0 saturated heterocycles. The molecular formula is C41H49ClN10O9. The zero-order chi connectivity index (χ0) is 44.1. The summed E-state index contributed by atoms with van der Waals surface area (Å²) in [5.74, 6) is 2.23. The molecule has 0 amide bonds. The van der Waals surface area contributed by atoms with Crippen LogP contribution < -0.4 is 24.8 Å². The van der Waals surface area contributed by atoms with E-state index in [0.29, 0.717) is 56.9 Å².